The number of piperazine rings is 1. The molecule has 0 aromatic heterocycles. The molecule has 0 spiro atoms. The lowest BCUT2D eigenvalue weighted by Crippen LogP contribution is -2.52. The van der Waals surface area contributed by atoms with Crippen molar-refractivity contribution in [3.05, 3.63) is 66.2 Å². The van der Waals surface area contributed by atoms with E-state index < -0.39 is 0 Å². The molecule has 31 heavy (non-hydrogen) atoms. The highest BCUT2D eigenvalue weighted by Gasteiger charge is 2.27. The van der Waals surface area contributed by atoms with E-state index in [1.54, 1.807) is 7.05 Å². The highest BCUT2D eigenvalue weighted by Crippen LogP contribution is 2.26. The second-order valence-electron chi connectivity index (χ2n) is 7.95. The number of carbonyl (C=O) groups excluding carboxylic acids is 1. The molecule has 2 aliphatic rings. The first-order chi connectivity index (χ1) is 14.7. The normalized spacial score (nSPS) is 19.2. The lowest BCUT2D eigenvalue weighted by atomic mass is 9.99. The zero-order valence-electron chi connectivity index (χ0n) is 18.1. The monoisotopic (exact) mass is 533 g/mol. The van der Waals surface area contributed by atoms with Crippen LogP contribution in [0.2, 0.25) is 0 Å². The zero-order valence-corrected chi connectivity index (χ0v) is 20.4. The fraction of sp³-hybridized carbons (Fsp3) is 0.417. The van der Waals surface area contributed by atoms with Gasteiger partial charge in [0, 0.05) is 57.9 Å². The van der Waals surface area contributed by atoms with Crippen molar-refractivity contribution in [1.29, 1.82) is 0 Å². The average molecular weight is 533 g/mol. The third-order valence-corrected chi connectivity index (χ3v) is 6.12. The van der Waals surface area contributed by atoms with Crippen LogP contribution in [0.4, 0.5) is 5.69 Å². The molecular weight excluding hydrogens is 501 g/mol. The maximum absolute atomic E-state index is 12.7. The average Bonchev–Trinajstić information content (AvgIpc) is 3.31. The minimum absolute atomic E-state index is 0. The predicted molar refractivity (Wildman–Crippen MR) is 137 cm³/mol. The molecule has 0 bridgehead atoms. The smallest absolute Gasteiger partial charge is 0.242 e. The van der Waals surface area contributed by atoms with E-state index in [-0.39, 0.29) is 29.9 Å². The van der Waals surface area contributed by atoms with Crippen molar-refractivity contribution in [3.63, 3.8) is 0 Å². The van der Waals surface area contributed by atoms with Crippen molar-refractivity contribution >= 4 is 41.5 Å². The number of hydrogen-bond acceptors (Lipinski definition) is 3. The van der Waals surface area contributed by atoms with Crippen LogP contribution in [0.15, 0.2) is 65.7 Å². The fourth-order valence-electron chi connectivity index (χ4n) is 4.40. The first-order valence-electron chi connectivity index (χ1n) is 10.8. The van der Waals surface area contributed by atoms with Crippen LogP contribution in [-0.4, -0.2) is 74.5 Å². The molecule has 7 heteroatoms. The number of hydrogen-bond donors (Lipinski definition) is 1. The number of nitrogens with one attached hydrogen (secondary N) is 1. The number of anilines is 1. The van der Waals surface area contributed by atoms with Gasteiger partial charge in [-0.1, -0.05) is 48.5 Å². The van der Waals surface area contributed by atoms with E-state index in [9.17, 15) is 4.79 Å². The summed E-state index contributed by atoms with van der Waals surface area (Å²) < 4.78 is 0. The second-order valence-corrected chi connectivity index (χ2v) is 7.95. The molecule has 2 aliphatic heterocycles. The molecule has 2 aromatic rings. The van der Waals surface area contributed by atoms with Gasteiger partial charge in [0.15, 0.2) is 5.96 Å². The molecule has 166 valence electrons. The zero-order chi connectivity index (χ0) is 20.8. The van der Waals surface area contributed by atoms with Gasteiger partial charge in [0.2, 0.25) is 5.91 Å². The van der Waals surface area contributed by atoms with Gasteiger partial charge in [-0.25, -0.2) is 0 Å². The van der Waals surface area contributed by atoms with Gasteiger partial charge in [0.25, 0.3) is 0 Å². The molecule has 2 saturated heterocycles. The molecule has 6 nitrogen and oxygen atoms in total. The van der Waals surface area contributed by atoms with E-state index in [0.29, 0.717) is 12.5 Å². The number of carbonyl (C=O) groups is 1. The first kappa shape index (κ1) is 23.4. The van der Waals surface area contributed by atoms with Gasteiger partial charge in [-0.05, 0) is 24.1 Å². The van der Waals surface area contributed by atoms with Crippen molar-refractivity contribution in [3.8, 4) is 0 Å². The maximum Gasteiger partial charge on any atom is 0.242 e. The Morgan fingerprint density at radius 2 is 1.58 bits per heavy atom. The Morgan fingerprint density at radius 1 is 0.935 bits per heavy atom. The Morgan fingerprint density at radius 3 is 2.23 bits per heavy atom. The van der Waals surface area contributed by atoms with Gasteiger partial charge < -0.3 is 20.0 Å². The van der Waals surface area contributed by atoms with Crippen LogP contribution in [0.3, 0.4) is 0 Å². The van der Waals surface area contributed by atoms with Gasteiger partial charge in [-0.15, -0.1) is 24.0 Å². The predicted octanol–water partition coefficient (Wildman–Crippen LogP) is 3.02. The maximum atomic E-state index is 12.7. The third kappa shape index (κ3) is 5.90. The van der Waals surface area contributed by atoms with Gasteiger partial charge in [-0.3, -0.25) is 9.79 Å². The van der Waals surface area contributed by atoms with Crippen LogP contribution in [0.5, 0.6) is 0 Å². The number of amides is 1. The molecule has 4 rings (SSSR count). The third-order valence-electron chi connectivity index (χ3n) is 6.12. The SMILES string of the molecule is CN=C(NCC(=O)N1CCN(c2ccccc2)CC1)N1CCC(c2ccccc2)C1.I. The van der Waals surface area contributed by atoms with Gasteiger partial charge >= 0.3 is 0 Å². The molecule has 2 heterocycles. The number of rotatable bonds is 4. The summed E-state index contributed by atoms with van der Waals surface area (Å²) in [5, 5.41) is 3.29. The Kier molecular flexibility index (Phi) is 8.57. The number of aliphatic imine (C=N–C) groups is 1. The summed E-state index contributed by atoms with van der Waals surface area (Å²) in [6.45, 7) is 5.45. The summed E-state index contributed by atoms with van der Waals surface area (Å²) in [5.41, 5.74) is 2.60. The summed E-state index contributed by atoms with van der Waals surface area (Å²) in [6.07, 6.45) is 1.11. The number of para-hydroxylation sites is 1. The summed E-state index contributed by atoms with van der Waals surface area (Å²) >= 11 is 0. The number of benzene rings is 2. The summed E-state index contributed by atoms with van der Waals surface area (Å²) in [5.74, 6) is 1.49. The minimum atomic E-state index is 0. The Labute approximate surface area is 202 Å². The second kappa shape index (κ2) is 11.4. The van der Waals surface area contributed by atoms with Crippen molar-refractivity contribution in [2.45, 2.75) is 12.3 Å². The Bertz CT molecular complexity index is 853. The van der Waals surface area contributed by atoms with Gasteiger partial charge in [-0.2, -0.15) is 0 Å². The van der Waals surface area contributed by atoms with Crippen LogP contribution in [0.25, 0.3) is 0 Å². The molecule has 0 radical (unpaired) electrons. The topological polar surface area (TPSA) is 51.2 Å². The van der Waals surface area contributed by atoms with Crippen molar-refractivity contribution < 1.29 is 4.79 Å². The van der Waals surface area contributed by atoms with E-state index >= 15 is 0 Å². The van der Waals surface area contributed by atoms with E-state index in [4.69, 9.17) is 0 Å². The highest BCUT2D eigenvalue weighted by molar-refractivity contribution is 14.0. The number of likely N-dealkylation sites (tertiary alicyclic amines) is 1. The summed E-state index contributed by atoms with van der Waals surface area (Å²) in [6, 6.07) is 21.1. The number of nitrogens with zero attached hydrogens (tertiary/aromatic N) is 4. The lowest BCUT2D eigenvalue weighted by Gasteiger charge is -2.36. The molecule has 1 unspecified atom stereocenters. The van der Waals surface area contributed by atoms with E-state index in [2.05, 4.69) is 74.7 Å². The quantitative estimate of drug-likeness (QED) is 0.373. The molecule has 2 aromatic carbocycles. The van der Waals surface area contributed by atoms with E-state index in [1.165, 1.54) is 11.3 Å². The summed E-state index contributed by atoms with van der Waals surface area (Å²) in [7, 11) is 1.79. The molecular formula is C24H32IN5O. The lowest BCUT2D eigenvalue weighted by molar-refractivity contribution is -0.130. The molecule has 2 fully saturated rings. The molecule has 1 amide bonds. The molecule has 0 aliphatic carbocycles. The van der Waals surface area contributed by atoms with E-state index in [1.807, 2.05) is 11.0 Å². The van der Waals surface area contributed by atoms with Crippen LogP contribution < -0.4 is 10.2 Å². The first-order valence-corrected chi connectivity index (χ1v) is 10.8. The summed E-state index contributed by atoms with van der Waals surface area (Å²) in [4.78, 5) is 23.7. The largest absolute Gasteiger partial charge is 0.368 e. The van der Waals surface area contributed by atoms with Crippen LogP contribution >= 0.6 is 24.0 Å². The van der Waals surface area contributed by atoms with Crippen molar-refractivity contribution in [2.24, 2.45) is 4.99 Å². The number of guanidine groups is 1. The molecule has 1 atom stereocenters. The Balaban J connectivity index is 0.00000272. The van der Waals surface area contributed by atoms with Crippen LogP contribution in [-0.2, 0) is 4.79 Å². The van der Waals surface area contributed by atoms with E-state index in [0.717, 1.165) is 51.6 Å². The Hall–Kier alpha value is -2.29. The minimum Gasteiger partial charge on any atom is -0.368 e. The molecule has 0 saturated carbocycles. The van der Waals surface area contributed by atoms with Gasteiger partial charge in [0.1, 0.15) is 0 Å². The van der Waals surface area contributed by atoms with Crippen molar-refractivity contribution in [2.75, 3.05) is 57.8 Å². The van der Waals surface area contributed by atoms with Crippen molar-refractivity contribution in [1.82, 2.24) is 15.1 Å². The van der Waals surface area contributed by atoms with Gasteiger partial charge in [0.05, 0.1) is 6.54 Å². The standard InChI is InChI=1S/C24H31N5O.HI/c1-25-24(29-13-12-21(19-29)20-8-4-2-5-9-20)26-18-23(30)28-16-14-27(15-17-28)22-10-6-3-7-11-22;/h2-11,21H,12-19H2,1H3,(H,25,26);1H. The van der Waals surface area contributed by atoms with Crippen LogP contribution in [0.1, 0.15) is 17.9 Å². The fourth-order valence-corrected chi connectivity index (χ4v) is 4.40. The highest BCUT2D eigenvalue weighted by atomic mass is 127. The van der Waals surface area contributed by atoms with Crippen LogP contribution in [0, 0.1) is 0 Å². The molecule has 1 N–H and O–H groups in total. The number of halogens is 1.